The summed E-state index contributed by atoms with van der Waals surface area (Å²) in [7, 11) is 0. The van der Waals surface area contributed by atoms with Crippen molar-refractivity contribution in [3.05, 3.63) is 0 Å². The molecule has 0 amide bonds. The lowest BCUT2D eigenvalue weighted by atomic mass is 10.0. The minimum Gasteiger partial charge on any atom is -0.317 e. The van der Waals surface area contributed by atoms with Crippen LogP contribution in [0.25, 0.3) is 0 Å². The summed E-state index contributed by atoms with van der Waals surface area (Å²) in [5, 5.41) is 3.49. The van der Waals surface area contributed by atoms with Crippen LogP contribution in [0.15, 0.2) is 0 Å². The van der Waals surface area contributed by atoms with Crippen LogP contribution < -0.4 is 5.32 Å². The maximum atomic E-state index is 3.49. The molecule has 0 fully saturated rings. The Hall–Kier alpha value is -0.0800. The average molecular weight is 256 g/mol. The zero-order valence-corrected chi connectivity index (χ0v) is 13.5. The molecule has 0 aliphatic rings. The predicted octanol–water partition coefficient (Wildman–Crippen LogP) is 3.91. The van der Waals surface area contributed by atoms with Crippen molar-refractivity contribution < 1.29 is 0 Å². The summed E-state index contributed by atoms with van der Waals surface area (Å²) in [6.07, 6.45) is 6.51. The van der Waals surface area contributed by atoms with E-state index in [0.29, 0.717) is 0 Å². The van der Waals surface area contributed by atoms with E-state index in [2.05, 4.69) is 44.8 Å². The Morgan fingerprint density at radius 1 is 1.00 bits per heavy atom. The quantitative estimate of drug-likeness (QED) is 0.533. The van der Waals surface area contributed by atoms with Gasteiger partial charge in [0.05, 0.1) is 0 Å². The summed E-state index contributed by atoms with van der Waals surface area (Å²) in [4.78, 5) is 2.66. The van der Waals surface area contributed by atoms with Gasteiger partial charge in [-0.15, -0.1) is 0 Å². The lowest BCUT2D eigenvalue weighted by molar-refractivity contribution is 0.171. The molecule has 110 valence electrons. The SMILES string of the molecule is CCCNCCCC(C)N(CC)CC(CC)CC. The molecule has 0 radical (unpaired) electrons. The Labute approximate surface area is 116 Å². The standard InChI is InChI=1S/C16H36N2/c1-6-12-17-13-10-11-15(5)18(9-4)14-16(7-2)8-3/h15-17H,6-14H2,1-5H3. The molecule has 0 aromatic carbocycles. The molecule has 2 heteroatoms. The van der Waals surface area contributed by atoms with Crippen molar-refractivity contribution in [2.45, 2.75) is 72.8 Å². The number of hydrogen-bond donors (Lipinski definition) is 1. The van der Waals surface area contributed by atoms with Crippen molar-refractivity contribution in [3.63, 3.8) is 0 Å². The molecule has 1 N–H and O–H groups in total. The molecule has 0 aliphatic carbocycles. The number of nitrogens with zero attached hydrogens (tertiary/aromatic N) is 1. The van der Waals surface area contributed by atoms with Gasteiger partial charge in [-0.2, -0.15) is 0 Å². The van der Waals surface area contributed by atoms with Gasteiger partial charge in [0.1, 0.15) is 0 Å². The molecule has 0 aromatic heterocycles. The monoisotopic (exact) mass is 256 g/mol. The Bertz CT molecular complexity index is 166. The fraction of sp³-hybridized carbons (Fsp3) is 1.00. The summed E-state index contributed by atoms with van der Waals surface area (Å²) >= 11 is 0. The van der Waals surface area contributed by atoms with Crippen LogP contribution in [0.2, 0.25) is 0 Å². The third-order valence-electron chi connectivity index (χ3n) is 4.08. The highest BCUT2D eigenvalue weighted by Gasteiger charge is 2.15. The predicted molar refractivity (Wildman–Crippen MR) is 83.2 cm³/mol. The molecule has 0 saturated heterocycles. The fourth-order valence-electron chi connectivity index (χ4n) is 2.51. The molecule has 0 rings (SSSR count). The molecule has 0 aromatic rings. The number of nitrogens with one attached hydrogen (secondary N) is 1. The van der Waals surface area contributed by atoms with E-state index < -0.39 is 0 Å². The van der Waals surface area contributed by atoms with Gasteiger partial charge < -0.3 is 10.2 Å². The van der Waals surface area contributed by atoms with E-state index in [1.54, 1.807) is 0 Å². The highest BCUT2D eigenvalue weighted by molar-refractivity contribution is 4.70. The zero-order valence-electron chi connectivity index (χ0n) is 13.5. The van der Waals surface area contributed by atoms with Crippen LogP contribution in [0.3, 0.4) is 0 Å². The van der Waals surface area contributed by atoms with Gasteiger partial charge in [-0.05, 0) is 51.7 Å². The van der Waals surface area contributed by atoms with E-state index in [-0.39, 0.29) is 0 Å². The molecule has 18 heavy (non-hydrogen) atoms. The van der Waals surface area contributed by atoms with Crippen LogP contribution >= 0.6 is 0 Å². The molecule has 0 aliphatic heterocycles. The molecule has 0 saturated carbocycles. The second kappa shape index (κ2) is 12.0. The van der Waals surface area contributed by atoms with Gasteiger partial charge in [0, 0.05) is 12.6 Å². The Kier molecular flexibility index (Phi) is 11.9. The summed E-state index contributed by atoms with van der Waals surface area (Å²) in [6.45, 7) is 16.4. The summed E-state index contributed by atoms with van der Waals surface area (Å²) in [6, 6.07) is 0.735. The van der Waals surface area contributed by atoms with Crippen LogP contribution in [0.4, 0.5) is 0 Å². The van der Waals surface area contributed by atoms with Gasteiger partial charge in [0.25, 0.3) is 0 Å². The highest BCUT2D eigenvalue weighted by Crippen LogP contribution is 2.14. The highest BCUT2D eigenvalue weighted by atomic mass is 15.1. The van der Waals surface area contributed by atoms with Crippen LogP contribution in [0.1, 0.15) is 66.7 Å². The number of rotatable bonds is 12. The van der Waals surface area contributed by atoms with Crippen molar-refractivity contribution in [2.75, 3.05) is 26.2 Å². The zero-order chi connectivity index (χ0) is 13.8. The van der Waals surface area contributed by atoms with E-state index in [1.165, 1.54) is 58.3 Å². The molecule has 2 nitrogen and oxygen atoms in total. The fourth-order valence-corrected chi connectivity index (χ4v) is 2.51. The number of hydrogen-bond acceptors (Lipinski definition) is 2. The van der Waals surface area contributed by atoms with Gasteiger partial charge in [-0.25, -0.2) is 0 Å². The van der Waals surface area contributed by atoms with Crippen LogP contribution in [0, 0.1) is 5.92 Å². The molecule has 0 spiro atoms. The first-order valence-electron chi connectivity index (χ1n) is 8.14. The molecule has 1 unspecified atom stereocenters. The first kappa shape index (κ1) is 17.9. The molecular formula is C16H36N2. The Morgan fingerprint density at radius 2 is 1.67 bits per heavy atom. The van der Waals surface area contributed by atoms with E-state index in [0.717, 1.165) is 12.0 Å². The van der Waals surface area contributed by atoms with Crippen molar-refractivity contribution in [1.29, 1.82) is 0 Å². The second-order valence-electron chi connectivity index (χ2n) is 5.51. The lowest BCUT2D eigenvalue weighted by Gasteiger charge is -2.31. The van der Waals surface area contributed by atoms with Crippen LogP contribution in [-0.4, -0.2) is 37.1 Å². The first-order valence-corrected chi connectivity index (χ1v) is 8.14. The van der Waals surface area contributed by atoms with Crippen molar-refractivity contribution in [3.8, 4) is 0 Å². The van der Waals surface area contributed by atoms with E-state index >= 15 is 0 Å². The second-order valence-corrected chi connectivity index (χ2v) is 5.51. The third-order valence-corrected chi connectivity index (χ3v) is 4.08. The van der Waals surface area contributed by atoms with Gasteiger partial charge in [-0.3, -0.25) is 0 Å². The molecule has 1 atom stereocenters. The normalized spacial score (nSPS) is 13.5. The van der Waals surface area contributed by atoms with Gasteiger partial charge in [0.15, 0.2) is 0 Å². The minimum absolute atomic E-state index is 0.735. The van der Waals surface area contributed by atoms with Gasteiger partial charge in [-0.1, -0.05) is 40.5 Å². The lowest BCUT2D eigenvalue weighted by Crippen LogP contribution is -2.37. The van der Waals surface area contributed by atoms with E-state index in [9.17, 15) is 0 Å². The van der Waals surface area contributed by atoms with Crippen molar-refractivity contribution >= 4 is 0 Å². The smallest absolute Gasteiger partial charge is 0.00674 e. The maximum absolute atomic E-state index is 3.49. The van der Waals surface area contributed by atoms with Crippen LogP contribution in [0.5, 0.6) is 0 Å². The minimum atomic E-state index is 0.735. The van der Waals surface area contributed by atoms with Gasteiger partial charge in [0.2, 0.25) is 0 Å². The topological polar surface area (TPSA) is 15.3 Å². The van der Waals surface area contributed by atoms with Gasteiger partial charge >= 0.3 is 0 Å². The molecular weight excluding hydrogens is 220 g/mol. The molecule has 0 bridgehead atoms. The largest absolute Gasteiger partial charge is 0.317 e. The maximum Gasteiger partial charge on any atom is 0.00674 e. The summed E-state index contributed by atoms with van der Waals surface area (Å²) in [5.41, 5.74) is 0. The average Bonchev–Trinajstić information content (AvgIpc) is 2.40. The summed E-state index contributed by atoms with van der Waals surface area (Å²) in [5.74, 6) is 0.880. The van der Waals surface area contributed by atoms with E-state index in [4.69, 9.17) is 0 Å². The van der Waals surface area contributed by atoms with Crippen LogP contribution in [-0.2, 0) is 0 Å². The van der Waals surface area contributed by atoms with Crippen molar-refractivity contribution in [1.82, 2.24) is 10.2 Å². The van der Waals surface area contributed by atoms with Crippen molar-refractivity contribution in [2.24, 2.45) is 5.92 Å². The third kappa shape index (κ3) is 8.10. The Balaban J connectivity index is 3.84. The summed E-state index contributed by atoms with van der Waals surface area (Å²) < 4.78 is 0. The first-order chi connectivity index (χ1) is 8.69. The Morgan fingerprint density at radius 3 is 2.17 bits per heavy atom. The van der Waals surface area contributed by atoms with E-state index in [1.807, 2.05) is 0 Å². The molecule has 0 heterocycles.